The molecule has 2 amide bonds. The number of para-hydroxylation sites is 2. The zero-order valence-corrected chi connectivity index (χ0v) is 13.5. The second-order valence-corrected chi connectivity index (χ2v) is 5.71. The van der Waals surface area contributed by atoms with Gasteiger partial charge in [-0.05, 0) is 23.8 Å². The summed E-state index contributed by atoms with van der Waals surface area (Å²) in [6.07, 6.45) is 0.323. The number of fused-ring (bicyclic) bond motifs is 2. The van der Waals surface area contributed by atoms with Crippen molar-refractivity contribution in [3.05, 3.63) is 59.2 Å². The molecule has 0 N–H and O–H groups in total. The van der Waals surface area contributed by atoms with Crippen LogP contribution in [0.15, 0.2) is 36.4 Å². The summed E-state index contributed by atoms with van der Waals surface area (Å²) in [7, 11) is 2.98. The first-order valence-electron chi connectivity index (χ1n) is 7.47. The molecule has 128 valence electrons. The van der Waals surface area contributed by atoms with Crippen LogP contribution in [0.3, 0.4) is 0 Å². The molecule has 5 nitrogen and oxygen atoms in total. The van der Waals surface area contributed by atoms with Gasteiger partial charge in [-0.25, -0.2) is 8.78 Å². The van der Waals surface area contributed by atoms with Gasteiger partial charge in [0, 0.05) is 14.1 Å². The summed E-state index contributed by atoms with van der Waals surface area (Å²) < 4.78 is 26.3. The van der Waals surface area contributed by atoms with E-state index in [-0.39, 0.29) is 23.0 Å². The van der Waals surface area contributed by atoms with E-state index in [0.29, 0.717) is 12.1 Å². The normalized spacial score (nSPS) is 15.1. The number of likely N-dealkylation sites (N-methyl/N-ethyl adjacent to an activating group) is 2. The summed E-state index contributed by atoms with van der Waals surface area (Å²) >= 11 is 0. The number of nitrogens with zero attached hydrogens (tertiary/aromatic N) is 2. The topological polar surface area (TPSA) is 57.7 Å². The van der Waals surface area contributed by atoms with Gasteiger partial charge in [-0.1, -0.05) is 18.2 Å². The molecule has 4 rings (SSSR count). The van der Waals surface area contributed by atoms with Crippen LogP contribution in [-0.4, -0.2) is 31.7 Å². The first-order valence-corrected chi connectivity index (χ1v) is 7.47. The maximum atomic E-state index is 13.1. The fourth-order valence-corrected chi connectivity index (χ4v) is 2.89. The average Bonchev–Trinajstić information content (AvgIpc) is 2.99. The smallest absolute Gasteiger partial charge is 0.299 e. The second kappa shape index (κ2) is 6.08. The molecule has 0 saturated heterocycles. The number of Topliss-reactive ketones (excluding diaryl/α,β-unsaturated/α-hetero) is 1. The monoisotopic (exact) mass is 344 g/mol. The lowest BCUT2D eigenvalue weighted by molar-refractivity contribution is -0.117. The Balaban J connectivity index is 0.000000146. The number of amides is 2. The highest BCUT2D eigenvalue weighted by molar-refractivity contribution is 6.52. The number of anilines is 2. The molecule has 2 aromatic carbocycles. The molecule has 25 heavy (non-hydrogen) atoms. The third-order valence-electron chi connectivity index (χ3n) is 4.19. The zero-order valence-electron chi connectivity index (χ0n) is 13.5. The molecular formula is C18H14F2N2O3. The summed E-state index contributed by atoms with van der Waals surface area (Å²) in [4.78, 5) is 35.9. The van der Waals surface area contributed by atoms with Crippen molar-refractivity contribution in [1.82, 2.24) is 0 Å². The van der Waals surface area contributed by atoms with Gasteiger partial charge in [0.1, 0.15) is 11.6 Å². The van der Waals surface area contributed by atoms with Crippen LogP contribution < -0.4 is 9.80 Å². The van der Waals surface area contributed by atoms with Gasteiger partial charge >= 0.3 is 0 Å². The van der Waals surface area contributed by atoms with Gasteiger partial charge in [-0.2, -0.15) is 0 Å². The van der Waals surface area contributed by atoms with Gasteiger partial charge in [0.05, 0.1) is 23.4 Å². The highest BCUT2D eigenvalue weighted by atomic mass is 19.1. The lowest BCUT2D eigenvalue weighted by Crippen LogP contribution is -2.25. The molecule has 7 heteroatoms. The van der Waals surface area contributed by atoms with Crippen LogP contribution in [0.4, 0.5) is 20.2 Å². The third-order valence-corrected chi connectivity index (χ3v) is 4.19. The molecular weight excluding hydrogens is 330 g/mol. The molecule has 0 bridgehead atoms. The molecule has 0 aromatic heterocycles. The van der Waals surface area contributed by atoms with Crippen molar-refractivity contribution < 1.29 is 23.2 Å². The van der Waals surface area contributed by atoms with Gasteiger partial charge in [0.2, 0.25) is 5.91 Å². The van der Waals surface area contributed by atoms with Crippen LogP contribution in [0.1, 0.15) is 15.9 Å². The molecule has 2 aliphatic rings. The van der Waals surface area contributed by atoms with Crippen molar-refractivity contribution in [3.63, 3.8) is 0 Å². The van der Waals surface area contributed by atoms with Crippen molar-refractivity contribution in [1.29, 1.82) is 0 Å². The maximum absolute atomic E-state index is 13.1. The number of hydrogen-bond donors (Lipinski definition) is 0. The quantitative estimate of drug-likeness (QED) is 0.689. The molecule has 2 heterocycles. The Morgan fingerprint density at radius 3 is 2.04 bits per heavy atom. The maximum Gasteiger partial charge on any atom is 0.299 e. The molecule has 0 unspecified atom stereocenters. The third kappa shape index (κ3) is 2.67. The van der Waals surface area contributed by atoms with E-state index in [9.17, 15) is 23.2 Å². The van der Waals surface area contributed by atoms with E-state index in [4.69, 9.17) is 0 Å². The number of halogens is 2. The number of rotatable bonds is 0. The fourth-order valence-electron chi connectivity index (χ4n) is 2.89. The standard InChI is InChI=1S/C9H6FNO2.C9H8FNO/c1-11-7-5(8(12)9(11)13)3-2-4-6(7)10;1-11-8(12)5-6-3-2-4-7(10)9(6)11/h2-4H,1H3;2-4H,5H2,1H3. The number of hydrogen-bond acceptors (Lipinski definition) is 3. The summed E-state index contributed by atoms with van der Waals surface area (Å²) in [6.45, 7) is 0. The molecule has 0 aliphatic carbocycles. The van der Waals surface area contributed by atoms with Crippen LogP contribution in [0.2, 0.25) is 0 Å². The predicted molar refractivity (Wildman–Crippen MR) is 87.7 cm³/mol. The zero-order chi connectivity index (χ0) is 18.3. The molecule has 0 fully saturated rings. The SMILES string of the molecule is CN1C(=O)C(=O)c2cccc(F)c21.CN1C(=O)Cc2cccc(F)c21. The Bertz CT molecular complexity index is 911. The van der Waals surface area contributed by atoms with Crippen LogP contribution in [0.5, 0.6) is 0 Å². The van der Waals surface area contributed by atoms with Crippen molar-refractivity contribution in [2.45, 2.75) is 6.42 Å². The predicted octanol–water partition coefficient (Wildman–Crippen LogP) is 2.33. The highest BCUT2D eigenvalue weighted by Gasteiger charge is 2.35. The van der Waals surface area contributed by atoms with Gasteiger partial charge < -0.3 is 9.80 Å². The molecule has 0 saturated carbocycles. The Kier molecular flexibility index (Phi) is 4.08. The van der Waals surface area contributed by atoms with E-state index in [1.54, 1.807) is 19.2 Å². The van der Waals surface area contributed by atoms with E-state index in [2.05, 4.69) is 0 Å². The minimum absolute atomic E-state index is 0.0462. The Labute approximate surface area is 142 Å². The number of benzene rings is 2. The van der Waals surface area contributed by atoms with E-state index in [0.717, 1.165) is 10.5 Å². The van der Waals surface area contributed by atoms with Gasteiger partial charge in [-0.15, -0.1) is 0 Å². The molecule has 2 aliphatic heterocycles. The van der Waals surface area contributed by atoms with E-state index in [1.165, 1.54) is 36.2 Å². The lowest BCUT2D eigenvalue weighted by atomic mass is 10.1. The second-order valence-electron chi connectivity index (χ2n) is 5.71. The van der Waals surface area contributed by atoms with Crippen molar-refractivity contribution in [2.24, 2.45) is 0 Å². The molecule has 0 atom stereocenters. The van der Waals surface area contributed by atoms with Crippen LogP contribution in [0, 0.1) is 11.6 Å². The Morgan fingerprint density at radius 2 is 1.44 bits per heavy atom. The van der Waals surface area contributed by atoms with E-state index >= 15 is 0 Å². The highest BCUT2D eigenvalue weighted by Crippen LogP contribution is 2.30. The first kappa shape index (κ1) is 16.8. The van der Waals surface area contributed by atoms with Crippen LogP contribution in [-0.2, 0) is 16.0 Å². The van der Waals surface area contributed by atoms with Gasteiger partial charge in [0.15, 0.2) is 0 Å². The van der Waals surface area contributed by atoms with Crippen molar-refractivity contribution in [3.8, 4) is 0 Å². The summed E-state index contributed by atoms with van der Waals surface area (Å²) in [5, 5.41) is 0. The number of carbonyl (C=O) groups is 3. The summed E-state index contributed by atoms with van der Waals surface area (Å²) in [5.74, 6) is -2.23. The first-order chi connectivity index (χ1) is 11.8. The summed E-state index contributed by atoms with van der Waals surface area (Å²) in [6, 6.07) is 8.86. The molecule has 2 aromatic rings. The van der Waals surface area contributed by atoms with Crippen LogP contribution >= 0.6 is 0 Å². The van der Waals surface area contributed by atoms with Gasteiger partial charge in [0.25, 0.3) is 11.7 Å². The van der Waals surface area contributed by atoms with Gasteiger partial charge in [-0.3, -0.25) is 14.4 Å². The van der Waals surface area contributed by atoms with Crippen molar-refractivity contribution in [2.75, 3.05) is 23.9 Å². The largest absolute Gasteiger partial charge is 0.312 e. The fraction of sp³-hybridized carbons (Fsp3) is 0.167. The molecule has 0 radical (unpaired) electrons. The lowest BCUT2D eigenvalue weighted by Gasteiger charge is -2.09. The average molecular weight is 344 g/mol. The summed E-state index contributed by atoms with van der Waals surface area (Å²) in [5.41, 5.74) is 1.44. The van der Waals surface area contributed by atoms with Crippen LogP contribution in [0.25, 0.3) is 0 Å². The molecule has 0 spiro atoms. The van der Waals surface area contributed by atoms with E-state index < -0.39 is 17.5 Å². The number of ketones is 1. The minimum Gasteiger partial charge on any atom is -0.312 e. The van der Waals surface area contributed by atoms with Crippen molar-refractivity contribution >= 4 is 29.0 Å². The number of carbonyl (C=O) groups excluding carboxylic acids is 3. The Morgan fingerprint density at radius 1 is 0.840 bits per heavy atom. The van der Waals surface area contributed by atoms with E-state index in [1.807, 2.05) is 0 Å². The minimum atomic E-state index is -0.680. The Hall–Kier alpha value is -3.09.